The average Bonchev–Trinajstić information content (AvgIpc) is 2.77. The molecule has 1 atom stereocenters. The Kier molecular flexibility index (Phi) is 3.12. The molecule has 2 aromatic rings. The van der Waals surface area contributed by atoms with Crippen LogP contribution in [0, 0.1) is 17.1 Å². The molecule has 0 bridgehead atoms. The maximum Gasteiger partial charge on any atom is 0.252 e. The average molecular weight is 232 g/mol. The van der Waals surface area contributed by atoms with Crippen molar-refractivity contribution in [3.8, 4) is 6.07 Å². The highest BCUT2D eigenvalue weighted by Gasteiger charge is 2.09. The molecular weight excluding hydrogens is 223 g/mol. The minimum atomic E-state index is -0.816. The molecule has 86 valence electrons. The van der Waals surface area contributed by atoms with Gasteiger partial charge in [0.05, 0.1) is 12.6 Å². The maximum atomic E-state index is 12.7. The number of aliphatic hydroxyl groups excluding tert-OH is 1. The summed E-state index contributed by atoms with van der Waals surface area (Å²) < 4.78 is 14.0. The third-order valence-electron chi connectivity index (χ3n) is 2.25. The Morgan fingerprint density at radius 3 is 2.71 bits per heavy atom. The van der Waals surface area contributed by atoms with E-state index in [0.717, 1.165) is 0 Å². The van der Waals surface area contributed by atoms with Crippen molar-refractivity contribution in [1.82, 2.24) is 14.8 Å². The number of nitrogens with zero attached hydrogens (tertiary/aromatic N) is 4. The fourth-order valence-electron chi connectivity index (χ4n) is 1.40. The summed E-state index contributed by atoms with van der Waals surface area (Å²) in [5.74, 6) is -0.301. The molecule has 0 aliphatic heterocycles. The maximum absolute atomic E-state index is 12.7. The molecule has 0 fully saturated rings. The Labute approximate surface area is 96.8 Å². The van der Waals surface area contributed by atoms with Gasteiger partial charge < -0.3 is 5.11 Å². The molecule has 2 rings (SSSR count). The number of halogens is 1. The van der Waals surface area contributed by atoms with Crippen molar-refractivity contribution in [1.29, 1.82) is 5.26 Å². The molecule has 0 aliphatic carbocycles. The highest BCUT2D eigenvalue weighted by molar-refractivity contribution is 5.18. The fraction of sp³-hybridized carbons (Fsp3) is 0.182. The molecule has 0 amide bonds. The van der Waals surface area contributed by atoms with Crippen LogP contribution in [0.5, 0.6) is 0 Å². The van der Waals surface area contributed by atoms with Crippen LogP contribution >= 0.6 is 0 Å². The smallest absolute Gasteiger partial charge is 0.252 e. The summed E-state index contributed by atoms with van der Waals surface area (Å²) in [6.45, 7) is 0.167. The van der Waals surface area contributed by atoms with Crippen LogP contribution in [0.25, 0.3) is 0 Å². The number of hydrogen-bond acceptors (Lipinski definition) is 4. The summed E-state index contributed by atoms with van der Waals surface area (Å²) in [5, 5.41) is 22.2. The van der Waals surface area contributed by atoms with Gasteiger partial charge in [-0.25, -0.2) is 14.1 Å². The lowest BCUT2D eigenvalue weighted by Crippen LogP contribution is -2.09. The molecule has 6 heteroatoms. The third-order valence-corrected chi connectivity index (χ3v) is 2.25. The predicted octanol–water partition coefficient (Wildman–Crippen LogP) is 1.02. The summed E-state index contributed by atoms with van der Waals surface area (Å²) in [4.78, 5) is 3.72. The van der Waals surface area contributed by atoms with Gasteiger partial charge in [0.1, 0.15) is 18.2 Å². The highest BCUT2D eigenvalue weighted by Crippen LogP contribution is 2.14. The van der Waals surface area contributed by atoms with Crippen molar-refractivity contribution >= 4 is 0 Å². The minimum absolute atomic E-state index is 0.0521. The molecule has 5 nitrogen and oxygen atoms in total. The zero-order valence-corrected chi connectivity index (χ0v) is 8.79. The minimum Gasteiger partial charge on any atom is -0.386 e. The monoisotopic (exact) mass is 232 g/mol. The van der Waals surface area contributed by atoms with Gasteiger partial charge in [0, 0.05) is 0 Å². The number of aromatic nitrogens is 3. The topological polar surface area (TPSA) is 74.7 Å². The molecular formula is C11H9FN4O. The van der Waals surface area contributed by atoms with E-state index in [9.17, 15) is 9.50 Å². The molecule has 0 aliphatic rings. The number of nitriles is 1. The Bertz CT molecular complexity index is 543. The molecule has 0 radical (unpaired) electrons. The number of aliphatic hydroxyl groups is 1. The van der Waals surface area contributed by atoms with Crippen molar-refractivity contribution in [2.24, 2.45) is 0 Å². The summed E-state index contributed by atoms with van der Waals surface area (Å²) in [6.07, 6.45) is 0.550. The molecule has 0 saturated heterocycles. The summed E-state index contributed by atoms with van der Waals surface area (Å²) in [5.41, 5.74) is 0.584. The second-order valence-corrected chi connectivity index (χ2v) is 3.47. The summed E-state index contributed by atoms with van der Waals surface area (Å²) in [6, 6.07) is 7.35. The van der Waals surface area contributed by atoms with Crippen LogP contribution in [-0.2, 0) is 6.54 Å². The molecule has 1 aromatic heterocycles. The third kappa shape index (κ3) is 2.65. The lowest BCUT2D eigenvalue weighted by molar-refractivity contribution is 0.151. The molecule has 0 spiro atoms. The van der Waals surface area contributed by atoms with E-state index in [1.165, 1.54) is 35.3 Å². The first kappa shape index (κ1) is 11.2. The van der Waals surface area contributed by atoms with Crippen LogP contribution in [0.2, 0.25) is 0 Å². The zero-order valence-electron chi connectivity index (χ0n) is 8.79. The van der Waals surface area contributed by atoms with Crippen LogP contribution in [0.4, 0.5) is 4.39 Å². The van der Waals surface area contributed by atoms with Crippen molar-refractivity contribution in [3.63, 3.8) is 0 Å². The standard InChI is InChI=1S/C11H9FN4O/c12-9-3-1-8(2-4-9)10(17)6-16-7-14-11(5-13)15-16/h1-4,7,10,17H,6H2. The fourth-order valence-corrected chi connectivity index (χ4v) is 1.40. The van der Waals surface area contributed by atoms with Gasteiger partial charge >= 0.3 is 0 Å². The van der Waals surface area contributed by atoms with Gasteiger partial charge in [0.25, 0.3) is 5.82 Å². The number of rotatable bonds is 3. The van der Waals surface area contributed by atoms with Gasteiger partial charge in [-0.1, -0.05) is 12.1 Å². The molecule has 1 heterocycles. The van der Waals surface area contributed by atoms with Gasteiger partial charge in [-0.2, -0.15) is 5.26 Å². The lowest BCUT2D eigenvalue weighted by atomic mass is 10.1. The van der Waals surface area contributed by atoms with Crippen LogP contribution in [0.3, 0.4) is 0 Å². The van der Waals surface area contributed by atoms with E-state index in [1.54, 1.807) is 6.07 Å². The normalized spacial score (nSPS) is 12.1. The lowest BCUT2D eigenvalue weighted by Gasteiger charge is -2.10. The van der Waals surface area contributed by atoms with Crippen molar-refractivity contribution in [3.05, 3.63) is 47.8 Å². The van der Waals surface area contributed by atoms with Crippen molar-refractivity contribution < 1.29 is 9.50 Å². The van der Waals surface area contributed by atoms with Gasteiger partial charge in [0.15, 0.2) is 0 Å². The zero-order chi connectivity index (χ0) is 12.3. The van der Waals surface area contributed by atoms with Gasteiger partial charge in [-0.15, -0.1) is 5.10 Å². The second-order valence-electron chi connectivity index (χ2n) is 3.47. The summed E-state index contributed by atoms with van der Waals surface area (Å²) in [7, 11) is 0. The van der Waals surface area contributed by atoms with E-state index in [0.29, 0.717) is 5.56 Å². The van der Waals surface area contributed by atoms with Crippen LogP contribution < -0.4 is 0 Å². The van der Waals surface area contributed by atoms with Crippen molar-refractivity contribution in [2.75, 3.05) is 0 Å². The molecule has 17 heavy (non-hydrogen) atoms. The Morgan fingerprint density at radius 1 is 1.41 bits per heavy atom. The van der Waals surface area contributed by atoms with Crippen LogP contribution in [0.1, 0.15) is 17.5 Å². The first-order valence-corrected chi connectivity index (χ1v) is 4.92. The Balaban J connectivity index is 2.08. The van der Waals surface area contributed by atoms with E-state index in [1.807, 2.05) is 0 Å². The largest absolute Gasteiger partial charge is 0.386 e. The van der Waals surface area contributed by atoms with Gasteiger partial charge in [-0.05, 0) is 17.7 Å². The SMILES string of the molecule is N#Cc1ncn(CC(O)c2ccc(F)cc2)n1. The van der Waals surface area contributed by atoms with E-state index in [-0.39, 0.29) is 18.2 Å². The van der Waals surface area contributed by atoms with E-state index >= 15 is 0 Å². The first-order valence-electron chi connectivity index (χ1n) is 4.92. The van der Waals surface area contributed by atoms with E-state index in [2.05, 4.69) is 10.1 Å². The van der Waals surface area contributed by atoms with Gasteiger partial charge in [0.2, 0.25) is 0 Å². The van der Waals surface area contributed by atoms with E-state index in [4.69, 9.17) is 5.26 Å². The van der Waals surface area contributed by atoms with Gasteiger partial charge in [-0.3, -0.25) is 0 Å². The highest BCUT2D eigenvalue weighted by atomic mass is 19.1. The molecule has 1 unspecified atom stereocenters. The van der Waals surface area contributed by atoms with E-state index < -0.39 is 6.10 Å². The molecule has 1 N–H and O–H groups in total. The first-order chi connectivity index (χ1) is 8.19. The quantitative estimate of drug-likeness (QED) is 0.857. The Hall–Kier alpha value is -2.26. The van der Waals surface area contributed by atoms with Crippen LogP contribution in [-0.4, -0.2) is 19.9 Å². The molecule has 1 aromatic carbocycles. The molecule has 0 saturated carbocycles. The van der Waals surface area contributed by atoms with Crippen molar-refractivity contribution in [2.45, 2.75) is 12.6 Å². The number of benzene rings is 1. The Morgan fingerprint density at radius 2 is 2.12 bits per heavy atom. The second kappa shape index (κ2) is 4.72. The number of hydrogen-bond donors (Lipinski definition) is 1. The summed E-state index contributed by atoms with van der Waals surface area (Å²) >= 11 is 0. The van der Waals surface area contributed by atoms with Crippen LogP contribution in [0.15, 0.2) is 30.6 Å². The predicted molar refractivity (Wildman–Crippen MR) is 56.1 cm³/mol.